The molecule has 0 N–H and O–H groups in total. The second kappa shape index (κ2) is 16.7. The molecule has 0 saturated carbocycles. The van der Waals surface area contributed by atoms with Gasteiger partial charge >= 0.3 is 0 Å². The normalized spacial score (nSPS) is 11.7. The van der Waals surface area contributed by atoms with Crippen LogP contribution in [0.1, 0.15) is 18.4 Å². The second-order valence-corrected chi connectivity index (χ2v) is 15.4. The summed E-state index contributed by atoms with van der Waals surface area (Å²) in [6.45, 7) is 13.6. The lowest BCUT2D eigenvalue weighted by Crippen LogP contribution is -2.33. The van der Waals surface area contributed by atoms with Crippen molar-refractivity contribution in [3.05, 3.63) is 243 Å². The Bertz CT molecular complexity index is 2950. The molecule has 9 rings (SSSR count). The van der Waals surface area contributed by atoms with Crippen molar-refractivity contribution in [2.75, 3.05) is 4.90 Å². The molecule has 0 aliphatic rings. The van der Waals surface area contributed by atoms with Crippen LogP contribution in [0.5, 0.6) is 0 Å². The number of anilines is 2. The molecule has 0 spiro atoms. The van der Waals surface area contributed by atoms with Crippen LogP contribution in [-0.2, 0) is 6.42 Å². The number of aryl methyl sites for hydroxylation is 1. The average Bonchev–Trinajstić information content (AvgIpc) is 3.30. The van der Waals surface area contributed by atoms with Crippen molar-refractivity contribution < 1.29 is 0 Å². The van der Waals surface area contributed by atoms with Gasteiger partial charge in [0.1, 0.15) is 0 Å². The lowest BCUT2D eigenvalue weighted by atomic mass is 9.91. The van der Waals surface area contributed by atoms with E-state index in [1.54, 1.807) is 0 Å². The van der Waals surface area contributed by atoms with E-state index < -0.39 is 0 Å². The van der Waals surface area contributed by atoms with E-state index in [4.69, 9.17) is 6.58 Å². The first kappa shape index (κ1) is 37.4. The molecule has 0 heterocycles. The van der Waals surface area contributed by atoms with E-state index in [-0.39, 0.29) is 6.04 Å². The molecule has 284 valence electrons. The van der Waals surface area contributed by atoms with Crippen LogP contribution in [0.3, 0.4) is 0 Å². The lowest BCUT2D eigenvalue weighted by molar-refractivity contribution is 0.746. The fourth-order valence-electron chi connectivity index (χ4n) is 8.56. The fraction of sp³-hybridized carbons (Fsp3) is 0.0690. The Hall–Kier alpha value is -7.22. The van der Waals surface area contributed by atoms with E-state index in [0.29, 0.717) is 6.42 Å². The van der Waals surface area contributed by atoms with Crippen molar-refractivity contribution in [3.63, 3.8) is 0 Å². The summed E-state index contributed by atoms with van der Waals surface area (Å²) in [6, 6.07) is 72.4. The highest BCUT2D eigenvalue weighted by Gasteiger charge is 2.25. The summed E-state index contributed by atoms with van der Waals surface area (Å²) in [7, 11) is 0. The highest BCUT2D eigenvalue weighted by Crippen LogP contribution is 2.39. The summed E-state index contributed by atoms with van der Waals surface area (Å²) >= 11 is 0. The van der Waals surface area contributed by atoms with Crippen LogP contribution in [0.2, 0.25) is 0 Å². The van der Waals surface area contributed by atoms with Crippen molar-refractivity contribution in [1.82, 2.24) is 0 Å². The van der Waals surface area contributed by atoms with Gasteiger partial charge in [-0.25, -0.2) is 0 Å². The third-order valence-electron chi connectivity index (χ3n) is 11.8. The quantitative estimate of drug-likeness (QED) is 0.0643. The second-order valence-electron chi connectivity index (χ2n) is 15.4. The van der Waals surface area contributed by atoms with Gasteiger partial charge in [0.05, 0.1) is 6.04 Å². The van der Waals surface area contributed by atoms with Crippen LogP contribution in [0.4, 0.5) is 11.4 Å². The van der Waals surface area contributed by atoms with E-state index in [1.165, 1.54) is 71.3 Å². The average molecular weight is 758 g/mol. The minimum absolute atomic E-state index is 0.0862. The third kappa shape index (κ3) is 7.76. The topological polar surface area (TPSA) is 3.24 Å². The van der Waals surface area contributed by atoms with Gasteiger partial charge in [-0.1, -0.05) is 195 Å². The Balaban J connectivity index is 1.07. The van der Waals surface area contributed by atoms with Crippen LogP contribution >= 0.6 is 0 Å². The molecule has 0 saturated heterocycles. The van der Waals surface area contributed by atoms with Crippen molar-refractivity contribution in [2.24, 2.45) is 0 Å². The molecule has 59 heavy (non-hydrogen) atoms. The highest BCUT2D eigenvalue weighted by atomic mass is 15.2. The largest absolute Gasteiger partial charge is 0.334 e. The molecule has 1 atom stereocenters. The SMILES string of the molecule is C=CCC(C(=C)C(=C)CCc1ccc2ccccc2c1)N(c1ccc(-c2ccc3ccc4ccccc4c3c2)cc1)c1ccc(-c2ccccc2-c2ccccc2)cc1. The summed E-state index contributed by atoms with van der Waals surface area (Å²) in [5.74, 6) is 0. The van der Waals surface area contributed by atoms with Crippen LogP contribution in [0.15, 0.2) is 237 Å². The first-order valence-electron chi connectivity index (χ1n) is 20.6. The van der Waals surface area contributed by atoms with Crippen molar-refractivity contribution in [2.45, 2.75) is 25.3 Å². The van der Waals surface area contributed by atoms with Crippen LogP contribution < -0.4 is 4.90 Å². The zero-order valence-corrected chi connectivity index (χ0v) is 33.4. The fourth-order valence-corrected chi connectivity index (χ4v) is 8.56. The van der Waals surface area contributed by atoms with E-state index >= 15 is 0 Å². The van der Waals surface area contributed by atoms with Gasteiger partial charge in [-0.3, -0.25) is 0 Å². The zero-order valence-electron chi connectivity index (χ0n) is 33.4. The first-order valence-corrected chi connectivity index (χ1v) is 20.6. The summed E-state index contributed by atoms with van der Waals surface area (Å²) in [4.78, 5) is 2.43. The number of nitrogens with zero attached hydrogens (tertiary/aromatic N) is 1. The molecule has 0 bridgehead atoms. The summed E-state index contributed by atoms with van der Waals surface area (Å²) < 4.78 is 0. The molecule has 0 aliphatic carbocycles. The van der Waals surface area contributed by atoms with Crippen molar-refractivity contribution in [1.29, 1.82) is 0 Å². The van der Waals surface area contributed by atoms with Gasteiger partial charge in [-0.05, 0) is 126 Å². The van der Waals surface area contributed by atoms with Gasteiger partial charge in [0.2, 0.25) is 0 Å². The maximum atomic E-state index is 4.75. The Labute approximate surface area is 348 Å². The number of hydrogen-bond acceptors (Lipinski definition) is 1. The molecule has 0 amide bonds. The Morgan fingerprint density at radius 3 is 1.68 bits per heavy atom. The first-order chi connectivity index (χ1) is 29.0. The van der Waals surface area contributed by atoms with E-state index in [1.807, 2.05) is 6.08 Å². The number of rotatable bonds is 13. The predicted octanol–water partition coefficient (Wildman–Crippen LogP) is 16.0. The Kier molecular flexibility index (Phi) is 10.6. The number of benzene rings is 9. The van der Waals surface area contributed by atoms with Gasteiger partial charge in [-0.15, -0.1) is 6.58 Å². The predicted molar refractivity (Wildman–Crippen MR) is 255 cm³/mol. The lowest BCUT2D eigenvalue weighted by Gasteiger charge is -2.36. The van der Waals surface area contributed by atoms with Gasteiger partial charge in [0.15, 0.2) is 0 Å². The molecule has 1 heteroatoms. The number of hydrogen-bond donors (Lipinski definition) is 0. The molecule has 0 aliphatic heterocycles. The molecular formula is C58H47N. The Morgan fingerprint density at radius 2 is 0.983 bits per heavy atom. The minimum atomic E-state index is -0.0862. The monoisotopic (exact) mass is 757 g/mol. The molecule has 9 aromatic carbocycles. The maximum Gasteiger partial charge on any atom is 0.0622 e. The molecule has 0 radical (unpaired) electrons. The van der Waals surface area contributed by atoms with E-state index in [0.717, 1.165) is 35.4 Å². The molecule has 1 nitrogen and oxygen atoms in total. The highest BCUT2D eigenvalue weighted by molar-refractivity contribution is 6.08. The molecule has 0 fully saturated rings. The minimum Gasteiger partial charge on any atom is -0.334 e. The van der Waals surface area contributed by atoms with E-state index in [9.17, 15) is 0 Å². The molecule has 0 aromatic heterocycles. The van der Waals surface area contributed by atoms with Crippen molar-refractivity contribution >= 4 is 43.7 Å². The molecule has 9 aromatic rings. The van der Waals surface area contributed by atoms with Gasteiger partial charge in [-0.2, -0.15) is 0 Å². The Morgan fingerprint density at radius 1 is 0.458 bits per heavy atom. The third-order valence-corrected chi connectivity index (χ3v) is 11.8. The van der Waals surface area contributed by atoms with Gasteiger partial charge in [0, 0.05) is 11.4 Å². The summed E-state index contributed by atoms with van der Waals surface area (Å²) in [5.41, 5.74) is 12.7. The molecular weight excluding hydrogens is 711 g/mol. The smallest absolute Gasteiger partial charge is 0.0622 e. The van der Waals surface area contributed by atoms with Gasteiger partial charge in [0.25, 0.3) is 0 Å². The standard InChI is InChI=1S/C58H47N/c1-4-14-58(42(3)41(2)23-24-43-25-26-44-15-8-9-19-50(44)39-43)59(53-37-33-48(34-38-53)55-21-13-12-20-54(55)46-16-6-5-7-17-46)52-35-31-45(32-36-52)51-30-29-49-28-27-47-18-10-11-22-56(47)57(49)40-51/h4-13,15-22,25-40,58H,1-3,14,23-24H2. The summed E-state index contributed by atoms with van der Waals surface area (Å²) in [5, 5.41) is 7.57. The summed E-state index contributed by atoms with van der Waals surface area (Å²) in [6.07, 6.45) is 4.45. The molecule has 1 unspecified atom stereocenters. The van der Waals surface area contributed by atoms with E-state index in [2.05, 4.69) is 218 Å². The zero-order chi connectivity index (χ0) is 40.1. The van der Waals surface area contributed by atoms with Crippen molar-refractivity contribution in [3.8, 4) is 33.4 Å². The maximum absolute atomic E-state index is 4.75. The van der Waals surface area contributed by atoms with Crippen LogP contribution in [0, 0.1) is 0 Å². The number of fused-ring (bicyclic) bond motifs is 4. The van der Waals surface area contributed by atoms with Gasteiger partial charge < -0.3 is 4.90 Å². The van der Waals surface area contributed by atoms with Crippen LogP contribution in [-0.4, -0.2) is 6.04 Å². The van der Waals surface area contributed by atoms with Crippen LogP contribution in [0.25, 0.3) is 65.7 Å².